The zero-order valence-electron chi connectivity index (χ0n) is 16.5. The minimum Gasteiger partial charge on any atom is -0.455 e. The molecule has 1 heterocycles. The molecule has 7 nitrogen and oxygen atoms in total. The van der Waals surface area contributed by atoms with Crippen LogP contribution in [0.1, 0.15) is 17.5 Å². The molecule has 8 heteroatoms. The Morgan fingerprint density at radius 2 is 1.79 bits per heavy atom. The number of esters is 1. The number of likely N-dealkylation sites (N-methyl/N-ethyl adjacent to an activating group) is 1. The van der Waals surface area contributed by atoms with E-state index in [0.29, 0.717) is 6.54 Å². The molecule has 1 aliphatic heterocycles. The first kappa shape index (κ1) is 21.0. The molecule has 0 unspecified atom stereocenters. The van der Waals surface area contributed by atoms with Crippen molar-refractivity contribution >= 4 is 27.6 Å². The molecular weight excluding hydrogens is 392 g/mol. The first-order chi connectivity index (χ1) is 13.8. The quantitative estimate of drug-likeness (QED) is 0.674. The Morgan fingerprint density at radius 1 is 1.10 bits per heavy atom. The molecule has 0 saturated carbocycles. The van der Waals surface area contributed by atoms with Crippen molar-refractivity contribution in [1.82, 2.24) is 4.31 Å². The van der Waals surface area contributed by atoms with Crippen molar-refractivity contribution in [3.63, 3.8) is 0 Å². The summed E-state index contributed by atoms with van der Waals surface area (Å²) in [7, 11) is -2.51. The van der Waals surface area contributed by atoms with Gasteiger partial charge in [-0.3, -0.25) is 9.59 Å². The van der Waals surface area contributed by atoms with E-state index in [1.165, 1.54) is 19.2 Å². The SMILES string of the molecule is Cc1ccc(S(=O)(=O)N(C)CC(=O)OCC(=O)N2CCCc3ccccc32)cc1. The molecule has 29 heavy (non-hydrogen) atoms. The predicted octanol–water partition coefficient (Wildman–Crippen LogP) is 2.14. The third kappa shape index (κ3) is 4.83. The number of benzene rings is 2. The van der Waals surface area contributed by atoms with E-state index >= 15 is 0 Å². The first-order valence-corrected chi connectivity index (χ1v) is 10.8. The molecule has 2 aromatic rings. The summed E-state index contributed by atoms with van der Waals surface area (Å²) in [6.45, 7) is 1.52. The van der Waals surface area contributed by atoms with Gasteiger partial charge in [0.15, 0.2) is 6.61 Å². The molecule has 0 N–H and O–H groups in total. The molecule has 0 saturated heterocycles. The van der Waals surface area contributed by atoms with Crippen LogP contribution in [-0.4, -0.2) is 51.3 Å². The number of anilines is 1. The van der Waals surface area contributed by atoms with Crippen LogP contribution >= 0.6 is 0 Å². The van der Waals surface area contributed by atoms with Gasteiger partial charge in [-0.05, 0) is 43.5 Å². The van der Waals surface area contributed by atoms with Crippen molar-refractivity contribution in [2.75, 3.05) is 31.6 Å². The Bertz CT molecular complexity index is 1000. The number of aryl methyl sites for hydroxylation is 2. The van der Waals surface area contributed by atoms with Gasteiger partial charge in [0.1, 0.15) is 6.54 Å². The van der Waals surface area contributed by atoms with E-state index in [0.717, 1.165) is 34.0 Å². The van der Waals surface area contributed by atoms with E-state index in [1.807, 2.05) is 31.2 Å². The normalized spacial score (nSPS) is 13.8. The average Bonchev–Trinajstić information content (AvgIpc) is 2.71. The van der Waals surface area contributed by atoms with Crippen LogP contribution in [0.25, 0.3) is 0 Å². The van der Waals surface area contributed by atoms with Crippen molar-refractivity contribution in [2.45, 2.75) is 24.7 Å². The van der Waals surface area contributed by atoms with E-state index in [9.17, 15) is 18.0 Å². The molecule has 0 spiro atoms. The Kier molecular flexibility index (Phi) is 6.34. The standard InChI is InChI=1S/C21H24N2O5S/c1-16-9-11-18(12-10-16)29(26,27)22(2)14-21(25)28-15-20(24)23-13-5-7-17-6-3-4-8-19(17)23/h3-4,6,8-12H,5,7,13-15H2,1-2H3. The molecule has 0 aliphatic carbocycles. The van der Waals surface area contributed by atoms with E-state index in [2.05, 4.69) is 0 Å². The van der Waals surface area contributed by atoms with Gasteiger partial charge in [-0.15, -0.1) is 0 Å². The first-order valence-electron chi connectivity index (χ1n) is 9.36. The summed E-state index contributed by atoms with van der Waals surface area (Å²) >= 11 is 0. The topological polar surface area (TPSA) is 84.0 Å². The second-order valence-corrected chi connectivity index (χ2v) is 9.06. The summed E-state index contributed by atoms with van der Waals surface area (Å²) in [6, 6.07) is 14.0. The van der Waals surface area contributed by atoms with Crippen LogP contribution in [0.4, 0.5) is 5.69 Å². The highest BCUT2D eigenvalue weighted by Gasteiger charge is 2.26. The van der Waals surface area contributed by atoms with Gasteiger partial charge in [-0.1, -0.05) is 35.9 Å². The maximum atomic E-state index is 12.5. The second-order valence-electron chi connectivity index (χ2n) is 7.01. The zero-order chi connectivity index (χ0) is 21.0. The van der Waals surface area contributed by atoms with E-state index in [1.54, 1.807) is 17.0 Å². The summed E-state index contributed by atoms with van der Waals surface area (Å²) in [5.41, 5.74) is 2.85. The summed E-state index contributed by atoms with van der Waals surface area (Å²) < 4.78 is 31.1. The summed E-state index contributed by atoms with van der Waals surface area (Å²) in [6.07, 6.45) is 1.75. The van der Waals surface area contributed by atoms with Crippen LogP contribution in [0.15, 0.2) is 53.4 Å². The number of sulfonamides is 1. The number of carbonyl (C=O) groups excluding carboxylic acids is 2. The Balaban J connectivity index is 1.57. The summed E-state index contributed by atoms with van der Waals surface area (Å²) in [5, 5.41) is 0. The molecule has 0 atom stereocenters. The minimum atomic E-state index is -3.81. The minimum absolute atomic E-state index is 0.0967. The van der Waals surface area contributed by atoms with Gasteiger partial charge < -0.3 is 9.64 Å². The fourth-order valence-electron chi connectivity index (χ4n) is 3.22. The van der Waals surface area contributed by atoms with Gasteiger partial charge >= 0.3 is 5.97 Å². The molecule has 1 amide bonds. The van der Waals surface area contributed by atoms with E-state index in [4.69, 9.17) is 4.74 Å². The van der Waals surface area contributed by atoms with Crippen LogP contribution < -0.4 is 4.90 Å². The van der Waals surface area contributed by atoms with E-state index < -0.39 is 29.1 Å². The number of ether oxygens (including phenoxy) is 1. The lowest BCUT2D eigenvalue weighted by Gasteiger charge is -2.29. The molecule has 0 bridgehead atoms. The number of hydrogen-bond acceptors (Lipinski definition) is 5. The average molecular weight is 416 g/mol. The number of nitrogens with zero attached hydrogens (tertiary/aromatic N) is 2. The van der Waals surface area contributed by atoms with Crippen LogP contribution in [0.2, 0.25) is 0 Å². The number of amides is 1. The zero-order valence-corrected chi connectivity index (χ0v) is 17.3. The second kappa shape index (κ2) is 8.75. The van der Waals surface area contributed by atoms with Crippen molar-refractivity contribution in [1.29, 1.82) is 0 Å². The lowest BCUT2D eigenvalue weighted by Crippen LogP contribution is -2.39. The van der Waals surface area contributed by atoms with Crippen molar-refractivity contribution in [2.24, 2.45) is 0 Å². The number of fused-ring (bicyclic) bond motifs is 1. The highest BCUT2D eigenvalue weighted by molar-refractivity contribution is 7.89. The van der Waals surface area contributed by atoms with Crippen molar-refractivity contribution in [3.8, 4) is 0 Å². The predicted molar refractivity (Wildman–Crippen MR) is 109 cm³/mol. The Morgan fingerprint density at radius 3 is 2.52 bits per heavy atom. The number of hydrogen-bond donors (Lipinski definition) is 0. The molecule has 2 aromatic carbocycles. The molecular formula is C21H24N2O5S. The van der Waals surface area contributed by atoms with Crippen molar-refractivity contribution in [3.05, 3.63) is 59.7 Å². The molecule has 0 fully saturated rings. The highest BCUT2D eigenvalue weighted by atomic mass is 32.2. The fourth-order valence-corrected chi connectivity index (χ4v) is 4.33. The number of carbonyl (C=O) groups is 2. The maximum absolute atomic E-state index is 12.5. The molecule has 0 radical (unpaired) electrons. The highest BCUT2D eigenvalue weighted by Crippen LogP contribution is 2.26. The lowest BCUT2D eigenvalue weighted by molar-refractivity contribution is -0.147. The van der Waals surface area contributed by atoms with Gasteiger partial charge in [0.25, 0.3) is 5.91 Å². The number of para-hydroxylation sites is 1. The van der Waals surface area contributed by atoms with Crippen molar-refractivity contribution < 1.29 is 22.7 Å². The van der Waals surface area contributed by atoms with Gasteiger partial charge in [0.05, 0.1) is 4.90 Å². The molecule has 154 valence electrons. The largest absolute Gasteiger partial charge is 0.455 e. The lowest BCUT2D eigenvalue weighted by atomic mass is 10.0. The number of rotatable bonds is 6. The Hall–Kier alpha value is -2.71. The smallest absolute Gasteiger partial charge is 0.321 e. The summed E-state index contributed by atoms with van der Waals surface area (Å²) in [5.74, 6) is -1.10. The Labute approximate surface area is 170 Å². The van der Waals surface area contributed by atoms with Crippen LogP contribution in [-0.2, 0) is 30.8 Å². The van der Waals surface area contributed by atoms with Gasteiger partial charge in [0, 0.05) is 19.3 Å². The molecule has 0 aromatic heterocycles. The van der Waals surface area contributed by atoms with Gasteiger partial charge in [-0.25, -0.2) is 8.42 Å². The van der Waals surface area contributed by atoms with Gasteiger partial charge in [0.2, 0.25) is 10.0 Å². The van der Waals surface area contributed by atoms with Gasteiger partial charge in [-0.2, -0.15) is 4.31 Å². The fraction of sp³-hybridized carbons (Fsp3) is 0.333. The molecule has 3 rings (SSSR count). The third-order valence-corrected chi connectivity index (χ3v) is 6.67. The maximum Gasteiger partial charge on any atom is 0.321 e. The van der Waals surface area contributed by atoms with Crippen LogP contribution in [0.5, 0.6) is 0 Å². The third-order valence-electron chi connectivity index (χ3n) is 4.85. The monoisotopic (exact) mass is 416 g/mol. The molecule has 1 aliphatic rings. The van der Waals surface area contributed by atoms with E-state index in [-0.39, 0.29) is 10.8 Å². The van der Waals surface area contributed by atoms with Crippen LogP contribution in [0, 0.1) is 6.92 Å². The van der Waals surface area contributed by atoms with Crippen LogP contribution in [0.3, 0.4) is 0 Å². The summed E-state index contributed by atoms with van der Waals surface area (Å²) in [4.78, 5) is 26.3.